The highest BCUT2D eigenvalue weighted by Crippen LogP contribution is 2.22. The highest BCUT2D eigenvalue weighted by Gasteiger charge is 2.28. The van der Waals surface area contributed by atoms with E-state index >= 15 is 0 Å². The van der Waals surface area contributed by atoms with Gasteiger partial charge in [-0.2, -0.15) is 0 Å². The zero-order chi connectivity index (χ0) is 12.3. The predicted molar refractivity (Wildman–Crippen MR) is 66.6 cm³/mol. The zero-order valence-electron chi connectivity index (χ0n) is 10.7. The number of hydrogen-bond donors (Lipinski definition) is 1. The molecule has 1 aliphatic heterocycles. The topological polar surface area (TPSA) is 55.6 Å². The summed E-state index contributed by atoms with van der Waals surface area (Å²) in [7, 11) is 0. The molecule has 0 aromatic heterocycles. The average Bonchev–Trinajstić information content (AvgIpc) is 2.81. The van der Waals surface area contributed by atoms with Gasteiger partial charge in [-0.05, 0) is 45.4 Å². The number of nitrogens with two attached hydrogens (primary N) is 1. The molecule has 2 fully saturated rings. The van der Waals surface area contributed by atoms with Gasteiger partial charge in [-0.15, -0.1) is 0 Å². The lowest BCUT2D eigenvalue weighted by atomic mass is 9.93. The van der Waals surface area contributed by atoms with Crippen LogP contribution < -0.4 is 5.73 Å². The van der Waals surface area contributed by atoms with Crippen molar-refractivity contribution in [3.05, 3.63) is 0 Å². The van der Waals surface area contributed by atoms with E-state index in [2.05, 4.69) is 0 Å². The fraction of sp³-hybridized carbons (Fsp3) is 0.923. The van der Waals surface area contributed by atoms with Crippen LogP contribution in [0.5, 0.6) is 0 Å². The van der Waals surface area contributed by atoms with Gasteiger partial charge in [0.05, 0.1) is 6.10 Å². The van der Waals surface area contributed by atoms with Gasteiger partial charge >= 0.3 is 0 Å². The van der Waals surface area contributed by atoms with Crippen molar-refractivity contribution in [3.8, 4) is 0 Å². The summed E-state index contributed by atoms with van der Waals surface area (Å²) in [6.07, 6.45) is 6.30. The molecule has 1 amide bonds. The van der Waals surface area contributed by atoms with Crippen LogP contribution in [-0.4, -0.2) is 42.1 Å². The summed E-state index contributed by atoms with van der Waals surface area (Å²) < 4.78 is 5.86. The van der Waals surface area contributed by atoms with Gasteiger partial charge in [0.15, 0.2) is 0 Å². The number of nitrogens with zero attached hydrogens (tertiary/aromatic N) is 1. The fourth-order valence-electron chi connectivity index (χ4n) is 2.85. The summed E-state index contributed by atoms with van der Waals surface area (Å²) in [6.45, 7) is 3.67. The molecule has 0 aromatic rings. The van der Waals surface area contributed by atoms with Crippen molar-refractivity contribution in [2.45, 2.75) is 63.7 Å². The number of carbonyl (C=O) groups excluding carboxylic acids is 1. The second-order valence-corrected chi connectivity index (χ2v) is 5.36. The van der Waals surface area contributed by atoms with Gasteiger partial charge < -0.3 is 15.4 Å². The molecule has 3 atom stereocenters. The van der Waals surface area contributed by atoms with E-state index < -0.39 is 0 Å². The largest absolute Gasteiger partial charge is 0.365 e. The first-order valence-corrected chi connectivity index (χ1v) is 6.86. The molecule has 17 heavy (non-hydrogen) atoms. The third-order valence-electron chi connectivity index (χ3n) is 3.83. The minimum atomic E-state index is -0.302. The van der Waals surface area contributed by atoms with Gasteiger partial charge in [-0.25, -0.2) is 0 Å². The van der Waals surface area contributed by atoms with E-state index in [-0.39, 0.29) is 24.2 Å². The molecular formula is C13H24N2O2. The van der Waals surface area contributed by atoms with Crippen molar-refractivity contribution >= 4 is 5.91 Å². The quantitative estimate of drug-likeness (QED) is 0.808. The summed E-state index contributed by atoms with van der Waals surface area (Å²) in [4.78, 5) is 14.0. The Hall–Kier alpha value is -0.610. The third-order valence-corrected chi connectivity index (χ3v) is 3.83. The normalized spacial score (nSPS) is 31.5. The van der Waals surface area contributed by atoms with E-state index in [1.807, 2.05) is 11.8 Å². The number of likely N-dealkylation sites (tertiary alicyclic amines) is 1. The second kappa shape index (κ2) is 5.83. The van der Waals surface area contributed by atoms with Gasteiger partial charge in [0.25, 0.3) is 5.91 Å². The average molecular weight is 240 g/mol. The van der Waals surface area contributed by atoms with Crippen LogP contribution >= 0.6 is 0 Å². The van der Waals surface area contributed by atoms with Gasteiger partial charge in [-0.1, -0.05) is 0 Å². The molecule has 4 nitrogen and oxygen atoms in total. The summed E-state index contributed by atoms with van der Waals surface area (Å²) >= 11 is 0. The Morgan fingerprint density at radius 1 is 1.29 bits per heavy atom. The molecule has 2 N–H and O–H groups in total. The molecule has 0 radical (unpaired) electrons. The van der Waals surface area contributed by atoms with Gasteiger partial charge in [-0.3, -0.25) is 4.79 Å². The fourth-order valence-corrected chi connectivity index (χ4v) is 2.85. The van der Waals surface area contributed by atoms with Crippen molar-refractivity contribution < 1.29 is 9.53 Å². The molecule has 4 heteroatoms. The molecule has 2 rings (SSSR count). The Balaban J connectivity index is 1.79. The Morgan fingerprint density at radius 2 is 2.00 bits per heavy atom. The summed E-state index contributed by atoms with van der Waals surface area (Å²) in [6, 6.07) is 0.253. The van der Waals surface area contributed by atoms with Crippen LogP contribution in [0.25, 0.3) is 0 Å². The maximum Gasteiger partial charge on any atom is 0.251 e. The SMILES string of the molecule is CC(OC1CCCC(N)C1)C(=O)N1CCCC1. The number of carbonyl (C=O) groups is 1. The lowest BCUT2D eigenvalue weighted by Gasteiger charge is -2.30. The second-order valence-electron chi connectivity index (χ2n) is 5.36. The third kappa shape index (κ3) is 3.42. The Bertz CT molecular complexity index is 264. The van der Waals surface area contributed by atoms with E-state index in [0.29, 0.717) is 0 Å². The monoisotopic (exact) mass is 240 g/mol. The highest BCUT2D eigenvalue weighted by atomic mass is 16.5. The maximum atomic E-state index is 12.1. The molecular weight excluding hydrogens is 216 g/mol. The molecule has 2 aliphatic rings. The minimum absolute atomic E-state index is 0.154. The van der Waals surface area contributed by atoms with Crippen LogP contribution in [0.2, 0.25) is 0 Å². The van der Waals surface area contributed by atoms with E-state index in [9.17, 15) is 4.79 Å². The van der Waals surface area contributed by atoms with E-state index in [0.717, 1.165) is 51.6 Å². The smallest absolute Gasteiger partial charge is 0.251 e. The van der Waals surface area contributed by atoms with Crippen LogP contribution in [0.15, 0.2) is 0 Å². The Labute approximate surface area is 103 Å². The van der Waals surface area contributed by atoms with Gasteiger partial charge in [0.2, 0.25) is 0 Å². The van der Waals surface area contributed by atoms with Crippen LogP contribution in [0.3, 0.4) is 0 Å². The molecule has 0 spiro atoms. The summed E-state index contributed by atoms with van der Waals surface area (Å²) in [5.74, 6) is 0.154. The number of amides is 1. The minimum Gasteiger partial charge on any atom is -0.365 e. The number of ether oxygens (including phenoxy) is 1. The zero-order valence-corrected chi connectivity index (χ0v) is 10.7. The van der Waals surface area contributed by atoms with Crippen molar-refractivity contribution in [2.24, 2.45) is 5.73 Å². The first-order valence-electron chi connectivity index (χ1n) is 6.86. The number of rotatable bonds is 3. The van der Waals surface area contributed by atoms with Crippen LogP contribution in [0.4, 0.5) is 0 Å². The number of hydrogen-bond acceptors (Lipinski definition) is 3. The van der Waals surface area contributed by atoms with E-state index in [4.69, 9.17) is 10.5 Å². The first-order chi connectivity index (χ1) is 8.16. The van der Waals surface area contributed by atoms with Crippen LogP contribution in [0, 0.1) is 0 Å². The molecule has 1 saturated heterocycles. The first kappa shape index (κ1) is 12.8. The van der Waals surface area contributed by atoms with Crippen molar-refractivity contribution in [1.82, 2.24) is 4.90 Å². The molecule has 1 aliphatic carbocycles. The molecule has 3 unspecified atom stereocenters. The van der Waals surface area contributed by atoms with E-state index in [1.54, 1.807) is 0 Å². The Morgan fingerprint density at radius 3 is 2.65 bits per heavy atom. The van der Waals surface area contributed by atoms with Gasteiger partial charge in [0.1, 0.15) is 6.10 Å². The Kier molecular flexibility index (Phi) is 4.40. The lowest BCUT2D eigenvalue weighted by molar-refractivity contribution is -0.146. The molecule has 0 aromatic carbocycles. The molecule has 0 bridgehead atoms. The van der Waals surface area contributed by atoms with Crippen LogP contribution in [-0.2, 0) is 9.53 Å². The molecule has 1 heterocycles. The van der Waals surface area contributed by atoms with E-state index in [1.165, 1.54) is 0 Å². The van der Waals surface area contributed by atoms with Crippen molar-refractivity contribution in [1.29, 1.82) is 0 Å². The van der Waals surface area contributed by atoms with Gasteiger partial charge in [0, 0.05) is 19.1 Å². The van der Waals surface area contributed by atoms with Crippen LogP contribution in [0.1, 0.15) is 45.4 Å². The van der Waals surface area contributed by atoms with Crippen molar-refractivity contribution in [3.63, 3.8) is 0 Å². The summed E-state index contributed by atoms with van der Waals surface area (Å²) in [5, 5.41) is 0. The maximum absolute atomic E-state index is 12.1. The molecule has 98 valence electrons. The lowest BCUT2D eigenvalue weighted by Crippen LogP contribution is -2.41. The molecule has 1 saturated carbocycles. The standard InChI is InChI=1S/C13H24N2O2/c1-10(13(16)15-7-2-3-8-15)17-12-6-4-5-11(14)9-12/h10-12H,2-9,14H2,1H3. The highest BCUT2D eigenvalue weighted by molar-refractivity contribution is 5.80. The predicted octanol–water partition coefficient (Wildman–Crippen LogP) is 1.28. The van der Waals surface area contributed by atoms with Crippen molar-refractivity contribution in [2.75, 3.05) is 13.1 Å². The summed E-state index contributed by atoms with van der Waals surface area (Å²) in [5.41, 5.74) is 5.92.